The number of methoxy groups -OCH3 is 1. The van der Waals surface area contributed by atoms with Crippen molar-refractivity contribution in [2.75, 3.05) is 20.2 Å². The molecule has 3 rings (SSSR count). The molecule has 6 nitrogen and oxygen atoms in total. The molecule has 0 saturated carbocycles. The quantitative estimate of drug-likeness (QED) is 0.898. The molecule has 2 aromatic heterocycles. The van der Waals surface area contributed by atoms with Crippen molar-refractivity contribution in [1.29, 1.82) is 0 Å². The van der Waals surface area contributed by atoms with E-state index in [0.29, 0.717) is 17.4 Å². The van der Waals surface area contributed by atoms with Crippen molar-refractivity contribution in [3.05, 3.63) is 30.3 Å². The number of rotatable bonds is 3. The van der Waals surface area contributed by atoms with Crippen LogP contribution >= 0.6 is 0 Å². The molecule has 0 aliphatic carbocycles. The Morgan fingerprint density at radius 1 is 1.32 bits per heavy atom. The number of pyridine rings is 1. The molecule has 19 heavy (non-hydrogen) atoms. The number of hydrogen-bond acceptors (Lipinski definition) is 6. The monoisotopic (exact) mass is 260 g/mol. The van der Waals surface area contributed by atoms with E-state index in [1.807, 2.05) is 18.2 Å². The normalized spacial score (nSPS) is 18.4. The van der Waals surface area contributed by atoms with Crippen molar-refractivity contribution in [2.24, 2.45) is 0 Å². The molecule has 1 saturated heterocycles. The van der Waals surface area contributed by atoms with Gasteiger partial charge >= 0.3 is 0 Å². The fourth-order valence-corrected chi connectivity index (χ4v) is 2.34. The standard InChI is InChI=1S/C13H16N4O2/c1-18-13(5-8-14-9-6-13)12-16-11(17-19-12)10-4-2-3-7-15-10/h2-4,7,14H,5-6,8-9H2,1H3. The van der Waals surface area contributed by atoms with E-state index in [9.17, 15) is 0 Å². The zero-order chi connectivity index (χ0) is 13.1. The molecular weight excluding hydrogens is 244 g/mol. The minimum atomic E-state index is -0.467. The molecule has 0 amide bonds. The van der Waals surface area contributed by atoms with Gasteiger partial charge < -0.3 is 14.6 Å². The van der Waals surface area contributed by atoms with Crippen LogP contribution < -0.4 is 5.32 Å². The van der Waals surface area contributed by atoms with Gasteiger partial charge in [0, 0.05) is 13.3 Å². The molecule has 0 spiro atoms. The first-order valence-corrected chi connectivity index (χ1v) is 6.35. The smallest absolute Gasteiger partial charge is 0.259 e. The van der Waals surface area contributed by atoms with E-state index in [1.54, 1.807) is 13.3 Å². The molecule has 0 unspecified atom stereocenters. The Bertz CT molecular complexity index is 535. The van der Waals surface area contributed by atoms with Crippen molar-refractivity contribution < 1.29 is 9.26 Å². The van der Waals surface area contributed by atoms with Gasteiger partial charge in [-0.15, -0.1) is 0 Å². The maximum atomic E-state index is 5.66. The summed E-state index contributed by atoms with van der Waals surface area (Å²) in [7, 11) is 1.69. The zero-order valence-electron chi connectivity index (χ0n) is 10.8. The third-order valence-corrected chi connectivity index (χ3v) is 3.51. The van der Waals surface area contributed by atoms with Crippen molar-refractivity contribution in [3.8, 4) is 11.5 Å². The molecule has 100 valence electrons. The van der Waals surface area contributed by atoms with E-state index in [2.05, 4.69) is 20.4 Å². The van der Waals surface area contributed by atoms with Gasteiger partial charge in [-0.3, -0.25) is 4.98 Å². The van der Waals surface area contributed by atoms with Crippen LogP contribution in [0.2, 0.25) is 0 Å². The summed E-state index contributed by atoms with van der Waals surface area (Å²) in [4.78, 5) is 8.67. The molecule has 1 fully saturated rings. The van der Waals surface area contributed by atoms with Crippen LogP contribution in [0.15, 0.2) is 28.9 Å². The van der Waals surface area contributed by atoms with Crippen LogP contribution in [-0.4, -0.2) is 35.3 Å². The van der Waals surface area contributed by atoms with Gasteiger partial charge in [0.2, 0.25) is 5.82 Å². The van der Waals surface area contributed by atoms with E-state index in [1.165, 1.54) is 0 Å². The van der Waals surface area contributed by atoms with Crippen LogP contribution in [0, 0.1) is 0 Å². The largest absolute Gasteiger partial charge is 0.368 e. The summed E-state index contributed by atoms with van der Waals surface area (Å²) in [6, 6.07) is 5.61. The summed E-state index contributed by atoms with van der Waals surface area (Å²) >= 11 is 0. The second-order valence-electron chi connectivity index (χ2n) is 4.59. The second-order valence-corrected chi connectivity index (χ2v) is 4.59. The highest BCUT2D eigenvalue weighted by Crippen LogP contribution is 2.33. The van der Waals surface area contributed by atoms with Gasteiger partial charge in [-0.05, 0) is 38.1 Å². The highest BCUT2D eigenvalue weighted by Gasteiger charge is 2.39. The Labute approximate surface area is 111 Å². The van der Waals surface area contributed by atoms with Crippen molar-refractivity contribution in [2.45, 2.75) is 18.4 Å². The maximum absolute atomic E-state index is 5.66. The Hall–Kier alpha value is -1.79. The van der Waals surface area contributed by atoms with Crippen LogP contribution in [-0.2, 0) is 10.3 Å². The molecule has 2 aromatic rings. The lowest BCUT2D eigenvalue weighted by Crippen LogP contribution is -2.41. The van der Waals surface area contributed by atoms with Crippen LogP contribution in [0.5, 0.6) is 0 Å². The summed E-state index contributed by atoms with van der Waals surface area (Å²) in [5.74, 6) is 1.04. The summed E-state index contributed by atoms with van der Waals surface area (Å²) < 4.78 is 11.1. The van der Waals surface area contributed by atoms with Crippen molar-refractivity contribution >= 4 is 0 Å². The summed E-state index contributed by atoms with van der Waals surface area (Å²) in [6.45, 7) is 1.77. The molecule has 1 aliphatic heterocycles. The molecule has 0 aromatic carbocycles. The lowest BCUT2D eigenvalue weighted by molar-refractivity contribution is -0.0622. The van der Waals surface area contributed by atoms with Crippen LogP contribution in [0.3, 0.4) is 0 Å². The maximum Gasteiger partial charge on any atom is 0.259 e. The molecule has 1 N–H and O–H groups in total. The lowest BCUT2D eigenvalue weighted by atomic mass is 9.92. The number of aromatic nitrogens is 3. The van der Waals surface area contributed by atoms with Crippen LogP contribution in [0.1, 0.15) is 18.7 Å². The first-order valence-electron chi connectivity index (χ1n) is 6.35. The number of ether oxygens (including phenoxy) is 1. The topological polar surface area (TPSA) is 73.1 Å². The molecule has 6 heteroatoms. The molecule has 3 heterocycles. The number of nitrogens with zero attached hydrogens (tertiary/aromatic N) is 3. The van der Waals surface area contributed by atoms with Gasteiger partial charge in [0.05, 0.1) is 0 Å². The van der Waals surface area contributed by atoms with Crippen LogP contribution in [0.4, 0.5) is 0 Å². The number of hydrogen-bond donors (Lipinski definition) is 1. The van der Waals surface area contributed by atoms with E-state index in [4.69, 9.17) is 9.26 Å². The van der Waals surface area contributed by atoms with Gasteiger partial charge in [-0.25, -0.2) is 0 Å². The Morgan fingerprint density at radius 2 is 2.16 bits per heavy atom. The van der Waals surface area contributed by atoms with Crippen molar-refractivity contribution in [1.82, 2.24) is 20.4 Å². The molecular formula is C13H16N4O2. The lowest BCUT2D eigenvalue weighted by Gasteiger charge is -2.32. The fraction of sp³-hybridized carbons (Fsp3) is 0.462. The number of piperidine rings is 1. The Balaban J connectivity index is 1.92. The van der Waals surface area contributed by atoms with Gasteiger partial charge in [0.1, 0.15) is 11.3 Å². The first-order chi connectivity index (χ1) is 9.34. The third-order valence-electron chi connectivity index (χ3n) is 3.51. The predicted molar refractivity (Wildman–Crippen MR) is 68.3 cm³/mol. The molecule has 0 radical (unpaired) electrons. The highest BCUT2D eigenvalue weighted by molar-refractivity contribution is 5.47. The highest BCUT2D eigenvalue weighted by atomic mass is 16.5. The van der Waals surface area contributed by atoms with E-state index < -0.39 is 5.60 Å². The van der Waals surface area contributed by atoms with Crippen LogP contribution in [0.25, 0.3) is 11.5 Å². The molecule has 0 atom stereocenters. The fourth-order valence-electron chi connectivity index (χ4n) is 2.34. The Kier molecular flexibility index (Phi) is 3.27. The summed E-state index contributed by atoms with van der Waals surface area (Å²) in [5, 5.41) is 7.31. The zero-order valence-corrected chi connectivity index (χ0v) is 10.8. The van der Waals surface area contributed by atoms with Gasteiger partial charge in [-0.1, -0.05) is 11.2 Å². The minimum Gasteiger partial charge on any atom is -0.368 e. The van der Waals surface area contributed by atoms with Crippen molar-refractivity contribution in [3.63, 3.8) is 0 Å². The number of nitrogens with one attached hydrogen (secondary N) is 1. The Morgan fingerprint density at radius 3 is 2.84 bits per heavy atom. The summed E-state index contributed by atoms with van der Waals surface area (Å²) in [6.07, 6.45) is 3.36. The average Bonchev–Trinajstić information content (AvgIpc) is 2.99. The van der Waals surface area contributed by atoms with E-state index in [0.717, 1.165) is 25.9 Å². The van der Waals surface area contributed by atoms with Gasteiger partial charge in [-0.2, -0.15) is 4.98 Å². The van der Waals surface area contributed by atoms with Gasteiger partial charge in [0.25, 0.3) is 5.89 Å². The van der Waals surface area contributed by atoms with Gasteiger partial charge in [0.15, 0.2) is 0 Å². The minimum absolute atomic E-state index is 0.467. The molecule has 1 aliphatic rings. The predicted octanol–water partition coefficient (Wildman–Crippen LogP) is 1.36. The summed E-state index contributed by atoms with van der Waals surface area (Å²) in [5.41, 5.74) is 0.239. The SMILES string of the molecule is COC1(c2nc(-c3ccccn3)no2)CCNCC1. The third kappa shape index (κ3) is 2.24. The van der Waals surface area contributed by atoms with E-state index in [-0.39, 0.29) is 0 Å². The second kappa shape index (κ2) is 5.07. The molecule has 0 bridgehead atoms. The van der Waals surface area contributed by atoms with E-state index >= 15 is 0 Å². The average molecular weight is 260 g/mol. The first kappa shape index (κ1) is 12.3.